The Morgan fingerprint density at radius 1 is 1.46 bits per heavy atom. The molecule has 26 heavy (non-hydrogen) atoms. The molecule has 1 unspecified atom stereocenters. The molecule has 0 radical (unpaired) electrons. The minimum Gasteiger partial charge on any atom is -0.363 e. The van der Waals surface area contributed by atoms with Crippen LogP contribution in [-0.2, 0) is 11.3 Å². The Labute approximate surface area is 172 Å². The van der Waals surface area contributed by atoms with Gasteiger partial charge in [-0.3, -0.25) is 9.79 Å². The van der Waals surface area contributed by atoms with Crippen LogP contribution in [0.15, 0.2) is 23.3 Å². The third kappa shape index (κ3) is 4.77. The molecule has 0 aliphatic carbocycles. The van der Waals surface area contributed by atoms with Crippen molar-refractivity contribution in [3.8, 4) is 0 Å². The first-order valence-corrected chi connectivity index (χ1v) is 8.86. The molecule has 0 bridgehead atoms. The predicted octanol–water partition coefficient (Wildman–Crippen LogP) is 1.44. The van der Waals surface area contributed by atoms with Crippen LogP contribution in [0.5, 0.6) is 0 Å². The summed E-state index contributed by atoms with van der Waals surface area (Å²) in [6.07, 6.45) is 4.73. The van der Waals surface area contributed by atoms with Crippen LogP contribution in [0.4, 0.5) is 5.82 Å². The second-order valence-corrected chi connectivity index (χ2v) is 7.30. The van der Waals surface area contributed by atoms with E-state index in [1.807, 2.05) is 38.3 Å². The largest absolute Gasteiger partial charge is 0.363 e. The van der Waals surface area contributed by atoms with Crippen LogP contribution in [0.25, 0.3) is 0 Å². The van der Waals surface area contributed by atoms with Crippen LogP contribution < -0.4 is 15.5 Å². The lowest BCUT2D eigenvalue weighted by atomic mass is 9.79. The molecule has 1 atom stereocenters. The van der Waals surface area contributed by atoms with E-state index < -0.39 is 0 Å². The monoisotopic (exact) mass is 472 g/mol. The van der Waals surface area contributed by atoms with E-state index in [1.54, 1.807) is 0 Å². The molecule has 8 heteroatoms. The van der Waals surface area contributed by atoms with E-state index in [0.29, 0.717) is 13.0 Å². The van der Waals surface area contributed by atoms with Gasteiger partial charge in [-0.2, -0.15) is 0 Å². The predicted molar refractivity (Wildman–Crippen MR) is 115 cm³/mol. The fourth-order valence-electron chi connectivity index (χ4n) is 3.73. The average Bonchev–Trinajstić information content (AvgIpc) is 2.96. The van der Waals surface area contributed by atoms with Gasteiger partial charge in [0.05, 0.1) is 0 Å². The van der Waals surface area contributed by atoms with Crippen molar-refractivity contribution in [3.05, 3.63) is 23.9 Å². The highest BCUT2D eigenvalue weighted by Crippen LogP contribution is 2.35. The first-order valence-electron chi connectivity index (χ1n) is 8.86. The van der Waals surface area contributed by atoms with Crippen LogP contribution in [0.3, 0.4) is 0 Å². The minimum absolute atomic E-state index is 0. The summed E-state index contributed by atoms with van der Waals surface area (Å²) in [5, 5.41) is 6.43. The molecule has 3 heterocycles. The molecule has 3 rings (SSSR count). The lowest BCUT2D eigenvalue weighted by molar-refractivity contribution is -0.119. The number of nitrogens with one attached hydrogen (secondary N) is 2. The number of likely N-dealkylation sites (tertiary alicyclic amines) is 1. The highest BCUT2D eigenvalue weighted by molar-refractivity contribution is 14.0. The van der Waals surface area contributed by atoms with Gasteiger partial charge in [-0.25, -0.2) is 4.98 Å². The standard InChI is InChI=1S/C18H28N6O.HI/c1-19-17(21-11-14-5-6-15(20-10-14)23(2)3)24-8-4-7-18(13-24)9-16(25)22-12-18;/h5-6,10H,4,7-9,11-13H2,1-3H3,(H,19,21)(H,22,25);1H. The number of rotatable bonds is 3. The maximum atomic E-state index is 11.7. The summed E-state index contributed by atoms with van der Waals surface area (Å²) >= 11 is 0. The Morgan fingerprint density at radius 2 is 2.27 bits per heavy atom. The van der Waals surface area contributed by atoms with Gasteiger partial charge in [0.1, 0.15) is 5.82 Å². The molecule has 1 aromatic rings. The Kier molecular flexibility index (Phi) is 7.08. The maximum Gasteiger partial charge on any atom is 0.220 e. The number of piperidine rings is 1. The Hall–Kier alpha value is -1.58. The number of anilines is 1. The topological polar surface area (TPSA) is 72.9 Å². The average molecular weight is 472 g/mol. The van der Waals surface area contributed by atoms with Gasteiger partial charge in [-0.15, -0.1) is 24.0 Å². The molecule has 1 aromatic heterocycles. The van der Waals surface area contributed by atoms with Crippen LogP contribution in [0, 0.1) is 5.41 Å². The first-order chi connectivity index (χ1) is 12.0. The number of pyridine rings is 1. The zero-order valence-electron chi connectivity index (χ0n) is 15.8. The quantitative estimate of drug-likeness (QED) is 0.396. The fraction of sp³-hybridized carbons (Fsp3) is 0.611. The van der Waals surface area contributed by atoms with Gasteiger partial charge < -0.3 is 20.4 Å². The van der Waals surface area contributed by atoms with Crippen LogP contribution >= 0.6 is 24.0 Å². The second kappa shape index (κ2) is 8.88. The summed E-state index contributed by atoms with van der Waals surface area (Å²) < 4.78 is 0. The van der Waals surface area contributed by atoms with Crippen LogP contribution in [-0.4, -0.2) is 62.5 Å². The number of hydrogen-bond acceptors (Lipinski definition) is 4. The van der Waals surface area contributed by atoms with Gasteiger partial charge in [0.15, 0.2) is 5.96 Å². The number of guanidine groups is 1. The van der Waals surface area contributed by atoms with E-state index in [1.165, 1.54) is 0 Å². The van der Waals surface area contributed by atoms with Crippen molar-refractivity contribution in [2.24, 2.45) is 10.4 Å². The van der Waals surface area contributed by atoms with Gasteiger partial charge in [-0.1, -0.05) is 6.07 Å². The van der Waals surface area contributed by atoms with Crippen molar-refractivity contribution in [3.63, 3.8) is 0 Å². The van der Waals surface area contributed by atoms with E-state index >= 15 is 0 Å². The zero-order chi connectivity index (χ0) is 17.9. The molecule has 2 aliphatic rings. The second-order valence-electron chi connectivity index (χ2n) is 7.30. The van der Waals surface area contributed by atoms with E-state index in [4.69, 9.17) is 0 Å². The lowest BCUT2D eigenvalue weighted by Crippen LogP contribution is -2.51. The Balaban J connectivity index is 0.00000243. The van der Waals surface area contributed by atoms with Crippen molar-refractivity contribution in [1.82, 2.24) is 20.5 Å². The number of aliphatic imine (C=N–C) groups is 1. The molecular formula is C18H29IN6O. The molecule has 2 saturated heterocycles. The molecule has 1 spiro atoms. The van der Waals surface area contributed by atoms with Gasteiger partial charge in [0, 0.05) is 65.4 Å². The summed E-state index contributed by atoms with van der Waals surface area (Å²) in [6.45, 7) is 3.33. The van der Waals surface area contributed by atoms with Crippen molar-refractivity contribution in [1.29, 1.82) is 0 Å². The third-order valence-corrected chi connectivity index (χ3v) is 5.09. The molecule has 2 N–H and O–H groups in total. The third-order valence-electron chi connectivity index (χ3n) is 5.09. The number of carbonyl (C=O) groups is 1. The molecule has 2 aliphatic heterocycles. The number of aromatic nitrogens is 1. The van der Waals surface area contributed by atoms with Crippen molar-refractivity contribution in [2.75, 3.05) is 45.7 Å². The van der Waals surface area contributed by atoms with Gasteiger partial charge in [0.2, 0.25) is 5.91 Å². The molecule has 2 fully saturated rings. The normalized spacial score (nSPS) is 22.8. The molecule has 1 amide bonds. The Bertz CT molecular complexity index is 648. The summed E-state index contributed by atoms with van der Waals surface area (Å²) in [5.41, 5.74) is 1.19. The lowest BCUT2D eigenvalue weighted by Gasteiger charge is -2.40. The van der Waals surface area contributed by atoms with E-state index in [0.717, 1.165) is 49.8 Å². The fourth-order valence-corrected chi connectivity index (χ4v) is 3.73. The minimum atomic E-state index is 0. The van der Waals surface area contributed by atoms with Gasteiger partial charge in [-0.05, 0) is 24.5 Å². The summed E-state index contributed by atoms with van der Waals surface area (Å²) in [4.78, 5) is 24.8. The molecule has 144 valence electrons. The van der Waals surface area contributed by atoms with E-state index in [-0.39, 0.29) is 35.3 Å². The van der Waals surface area contributed by atoms with Crippen molar-refractivity contribution in [2.45, 2.75) is 25.8 Å². The number of nitrogens with zero attached hydrogens (tertiary/aromatic N) is 4. The van der Waals surface area contributed by atoms with Gasteiger partial charge in [0.25, 0.3) is 0 Å². The van der Waals surface area contributed by atoms with Crippen molar-refractivity contribution >= 4 is 41.7 Å². The summed E-state index contributed by atoms with van der Waals surface area (Å²) in [5.74, 6) is 2.02. The summed E-state index contributed by atoms with van der Waals surface area (Å²) in [6, 6.07) is 4.10. The first kappa shape index (κ1) is 20.7. The number of hydrogen-bond donors (Lipinski definition) is 2. The zero-order valence-corrected chi connectivity index (χ0v) is 18.1. The maximum absolute atomic E-state index is 11.7. The number of amides is 1. The summed E-state index contributed by atoms with van der Waals surface area (Å²) in [7, 11) is 5.78. The molecule has 0 saturated carbocycles. The SMILES string of the molecule is CN=C(NCc1ccc(N(C)C)nc1)N1CCCC2(CNC(=O)C2)C1.I. The van der Waals surface area contributed by atoms with E-state index in [9.17, 15) is 4.79 Å². The van der Waals surface area contributed by atoms with Crippen molar-refractivity contribution < 1.29 is 4.79 Å². The molecular weight excluding hydrogens is 443 g/mol. The molecule has 7 nitrogen and oxygen atoms in total. The highest BCUT2D eigenvalue weighted by Gasteiger charge is 2.42. The van der Waals surface area contributed by atoms with E-state index in [2.05, 4.69) is 31.6 Å². The number of carbonyl (C=O) groups excluding carboxylic acids is 1. The van der Waals surface area contributed by atoms with Crippen LogP contribution in [0.1, 0.15) is 24.8 Å². The van der Waals surface area contributed by atoms with Gasteiger partial charge >= 0.3 is 0 Å². The van der Waals surface area contributed by atoms with Crippen LogP contribution in [0.2, 0.25) is 0 Å². The highest BCUT2D eigenvalue weighted by atomic mass is 127. The smallest absolute Gasteiger partial charge is 0.220 e. The Morgan fingerprint density at radius 3 is 2.85 bits per heavy atom. The molecule has 0 aromatic carbocycles. The number of halogens is 1.